The lowest BCUT2D eigenvalue weighted by Gasteiger charge is -2.30. The third-order valence-electron chi connectivity index (χ3n) is 5.07. The van der Waals surface area contributed by atoms with Crippen LogP contribution in [0.15, 0.2) is 24.3 Å². The largest absolute Gasteiger partial charge is 0.354 e. The van der Waals surface area contributed by atoms with Crippen LogP contribution in [-0.4, -0.2) is 58.2 Å². The summed E-state index contributed by atoms with van der Waals surface area (Å²) in [6, 6.07) is 6.37. The average Bonchev–Trinajstić information content (AvgIpc) is 2.57. The van der Waals surface area contributed by atoms with Gasteiger partial charge < -0.3 is 10.2 Å². The van der Waals surface area contributed by atoms with Gasteiger partial charge in [0.1, 0.15) is 6.04 Å². The van der Waals surface area contributed by atoms with E-state index in [1.807, 2.05) is 19.1 Å². The Bertz CT molecular complexity index is 695. The first kappa shape index (κ1) is 20.7. The van der Waals surface area contributed by atoms with Gasteiger partial charge in [-0.15, -0.1) is 0 Å². The zero-order valence-electron chi connectivity index (χ0n) is 16.2. The van der Waals surface area contributed by atoms with E-state index >= 15 is 0 Å². The second-order valence-corrected chi connectivity index (χ2v) is 9.26. The van der Waals surface area contributed by atoms with Gasteiger partial charge in [-0.25, -0.2) is 8.42 Å². The van der Waals surface area contributed by atoms with Crippen molar-refractivity contribution in [2.45, 2.75) is 39.2 Å². The molecular formula is C19H31N3O3S. The molecule has 146 valence electrons. The second kappa shape index (κ2) is 8.86. The molecule has 6 nitrogen and oxygen atoms in total. The molecule has 2 rings (SSSR count). The van der Waals surface area contributed by atoms with Gasteiger partial charge in [0.05, 0.1) is 11.9 Å². The van der Waals surface area contributed by atoms with Crippen LogP contribution in [0.3, 0.4) is 0 Å². The lowest BCUT2D eigenvalue weighted by atomic mass is 9.94. The van der Waals surface area contributed by atoms with Crippen LogP contribution in [0.4, 0.5) is 5.69 Å². The molecule has 0 spiro atoms. The number of hydrogen-bond donors (Lipinski definition) is 1. The summed E-state index contributed by atoms with van der Waals surface area (Å²) in [4.78, 5) is 14.9. The number of anilines is 1. The zero-order valence-corrected chi connectivity index (χ0v) is 17.1. The van der Waals surface area contributed by atoms with Gasteiger partial charge in [0.25, 0.3) is 0 Å². The SMILES string of the molecule is Cc1ccc(N([C@H](C)C(=O)NCCC2CCN(C)CC2)S(C)(=O)=O)cc1. The molecule has 1 aromatic rings. The van der Waals surface area contributed by atoms with E-state index in [1.54, 1.807) is 19.1 Å². The second-order valence-electron chi connectivity index (χ2n) is 7.40. The lowest BCUT2D eigenvalue weighted by Crippen LogP contribution is -2.48. The van der Waals surface area contributed by atoms with Crippen LogP contribution in [0.25, 0.3) is 0 Å². The molecule has 1 amide bonds. The Morgan fingerprint density at radius 3 is 2.38 bits per heavy atom. The summed E-state index contributed by atoms with van der Waals surface area (Å²) in [6.45, 7) is 6.36. The summed E-state index contributed by atoms with van der Waals surface area (Å²) in [6.07, 6.45) is 4.38. The fourth-order valence-electron chi connectivity index (χ4n) is 3.40. The van der Waals surface area contributed by atoms with Crippen molar-refractivity contribution in [3.63, 3.8) is 0 Å². The molecule has 0 saturated carbocycles. The van der Waals surface area contributed by atoms with Crippen molar-refractivity contribution in [2.24, 2.45) is 5.92 Å². The summed E-state index contributed by atoms with van der Waals surface area (Å²) >= 11 is 0. The van der Waals surface area contributed by atoms with Crippen LogP contribution in [-0.2, 0) is 14.8 Å². The van der Waals surface area contributed by atoms with Gasteiger partial charge >= 0.3 is 0 Å². The Morgan fingerprint density at radius 2 is 1.85 bits per heavy atom. The van der Waals surface area contributed by atoms with Crippen LogP contribution in [0.2, 0.25) is 0 Å². The molecule has 0 aliphatic carbocycles. The highest BCUT2D eigenvalue weighted by atomic mass is 32.2. The Balaban J connectivity index is 1.96. The normalized spacial score (nSPS) is 17.7. The fraction of sp³-hybridized carbons (Fsp3) is 0.632. The van der Waals surface area contributed by atoms with Crippen LogP contribution in [0, 0.1) is 12.8 Å². The number of likely N-dealkylation sites (tertiary alicyclic amines) is 1. The number of sulfonamides is 1. The van der Waals surface area contributed by atoms with Crippen molar-refractivity contribution >= 4 is 21.6 Å². The molecule has 0 radical (unpaired) electrons. The molecule has 1 aliphatic rings. The van der Waals surface area contributed by atoms with Gasteiger partial charge in [0.2, 0.25) is 15.9 Å². The van der Waals surface area contributed by atoms with E-state index in [-0.39, 0.29) is 5.91 Å². The summed E-state index contributed by atoms with van der Waals surface area (Å²) in [5.74, 6) is 0.369. The maximum atomic E-state index is 12.5. The Morgan fingerprint density at radius 1 is 1.27 bits per heavy atom. The minimum absolute atomic E-state index is 0.260. The van der Waals surface area contributed by atoms with Crippen LogP contribution < -0.4 is 9.62 Å². The number of carbonyl (C=O) groups is 1. The first-order chi connectivity index (χ1) is 12.2. The smallest absolute Gasteiger partial charge is 0.243 e. The number of aryl methyl sites for hydroxylation is 1. The number of carbonyl (C=O) groups excluding carboxylic acids is 1. The highest BCUT2D eigenvalue weighted by Gasteiger charge is 2.29. The van der Waals surface area contributed by atoms with E-state index in [0.29, 0.717) is 18.2 Å². The predicted octanol–water partition coefficient (Wildman–Crippen LogP) is 2.00. The summed E-state index contributed by atoms with van der Waals surface area (Å²) in [7, 11) is -1.43. The van der Waals surface area contributed by atoms with Crippen LogP contribution in [0.1, 0.15) is 31.7 Å². The molecule has 1 N–H and O–H groups in total. The number of rotatable bonds is 7. The molecule has 0 aromatic heterocycles. The maximum absolute atomic E-state index is 12.5. The quantitative estimate of drug-likeness (QED) is 0.784. The average molecular weight is 382 g/mol. The summed E-state index contributed by atoms with van der Waals surface area (Å²) in [5.41, 5.74) is 1.55. The van der Waals surface area contributed by atoms with Crippen LogP contribution >= 0.6 is 0 Å². The van der Waals surface area contributed by atoms with Gasteiger partial charge in [0.15, 0.2) is 0 Å². The van der Waals surface area contributed by atoms with E-state index < -0.39 is 16.1 Å². The number of piperidine rings is 1. The van der Waals surface area contributed by atoms with E-state index in [4.69, 9.17) is 0 Å². The van der Waals surface area contributed by atoms with Crippen molar-refractivity contribution in [1.82, 2.24) is 10.2 Å². The number of hydrogen-bond acceptors (Lipinski definition) is 4. The minimum atomic E-state index is -3.56. The van der Waals surface area contributed by atoms with Gasteiger partial charge in [-0.05, 0) is 71.3 Å². The molecule has 1 heterocycles. The van der Waals surface area contributed by atoms with Gasteiger partial charge in [0, 0.05) is 6.54 Å². The summed E-state index contributed by atoms with van der Waals surface area (Å²) in [5, 5.41) is 2.92. The van der Waals surface area contributed by atoms with Crippen LogP contribution in [0.5, 0.6) is 0 Å². The lowest BCUT2D eigenvalue weighted by molar-refractivity contribution is -0.121. The third kappa shape index (κ3) is 5.71. The first-order valence-electron chi connectivity index (χ1n) is 9.21. The number of benzene rings is 1. The molecule has 1 saturated heterocycles. The van der Waals surface area contributed by atoms with Crippen molar-refractivity contribution in [1.29, 1.82) is 0 Å². The minimum Gasteiger partial charge on any atom is -0.354 e. The molecule has 1 aromatic carbocycles. The van der Waals surface area contributed by atoms with E-state index in [2.05, 4.69) is 17.3 Å². The Kier molecular flexibility index (Phi) is 7.06. The number of nitrogens with one attached hydrogen (secondary N) is 1. The fourth-order valence-corrected chi connectivity index (χ4v) is 4.57. The third-order valence-corrected chi connectivity index (χ3v) is 6.31. The zero-order chi connectivity index (χ0) is 19.3. The van der Waals surface area contributed by atoms with Crippen molar-refractivity contribution in [3.8, 4) is 0 Å². The number of amides is 1. The molecule has 0 unspecified atom stereocenters. The maximum Gasteiger partial charge on any atom is 0.243 e. The molecule has 1 aliphatic heterocycles. The van der Waals surface area contributed by atoms with Crippen molar-refractivity contribution in [3.05, 3.63) is 29.8 Å². The molecule has 26 heavy (non-hydrogen) atoms. The standard InChI is InChI=1S/C19H31N3O3S/c1-15-5-7-18(8-6-15)22(26(4,24)25)16(2)19(23)20-12-9-17-10-13-21(3)14-11-17/h5-8,16-17H,9-14H2,1-4H3,(H,20,23)/t16-/m1/s1. The predicted molar refractivity (Wildman–Crippen MR) is 106 cm³/mol. The molecule has 1 atom stereocenters. The van der Waals surface area contributed by atoms with E-state index in [1.165, 1.54) is 4.31 Å². The topological polar surface area (TPSA) is 69.7 Å². The summed E-state index contributed by atoms with van der Waals surface area (Å²) < 4.78 is 25.7. The van der Waals surface area contributed by atoms with Gasteiger partial charge in [-0.1, -0.05) is 17.7 Å². The highest BCUT2D eigenvalue weighted by molar-refractivity contribution is 7.92. The number of nitrogens with zero attached hydrogens (tertiary/aromatic N) is 2. The van der Waals surface area contributed by atoms with Crippen molar-refractivity contribution < 1.29 is 13.2 Å². The molecule has 7 heteroatoms. The molecule has 0 bridgehead atoms. The van der Waals surface area contributed by atoms with E-state index in [9.17, 15) is 13.2 Å². The first-order valence-corrected chi connectivity index (χ1v) is 11.1. The highest BCUT2D eigenvalue weighted by Crippen LogP contribution is 2.22. The Hall–Kier alpha value is -1.60. The van der Waals surface area contributed by atoms with Gasteiger partial charge in [-0.2, -0.15) is 0 Å². The van der Waals surface area contributed by atoms with Crippen molar-refractivity contribution in [2.75, 3.05) is 37.2 Å². The monoisotopic (exact) mass is 381 g/mol. The van der Waals surface area contributed by atoms with E-state index in [0.717, 1.165) is 44.2 Å². The molecular weight excluding hydrogens is 350 g/mol. The Labute approximate surface area is 157 Å². The molecule has 1 fully saturated rings. The van der Waals surface area contributed by atoms with Gasteiger partial charge in [-0.3, -0.25) is 9.10 Å².